The molecule has 0 spiro atoms. The molecular formula is C21H37IN4O2. The van der Waals surface area contributed by atoms with Gasteiger partial charge in [-0.1, -0.05) is 26.0 Å². The van der Waals surface area contributed by atoms with E-state index in [0.29, 0.717) is 25.0 Å². The van der Waals surface area contributed by atoms with Gasteiger partial charge >= 0.3 is 0 Å². The number of aliphatic imine (C=N–C) groups is 1. The highest BCUT2D eigenvalue weighted by Crippen LogP contribution is 2.21. The molecule has 0 aromatic heterocycles. The van der Waals surface area contributed by atoms with Crippen LogP contribution in [0.3, 0.4) is 0 Å². The maximum Gasteiger partial charge on any atom is 0.239 e. The van der Waals surface area contributed by atoms with Gasteiger partial charge in [0, 0.05) is 24.7 Å². The number of benzene rings is 1. The normalized spacial score (nSPS) is 11.6. The molecule has 6 nitrogen and oxygen atoms in total. The lowest BCUT2D eigenvalue weighted by atomic mass is 10.1. The van der Waals surface area contributed by atoms with E-state index in [1.807, 2.05) is 20.8 Å². The lowest BCUT2D eigenvalue weighted by molar-refractivity contribution is -0.121. The van der Waals surface area contributed by atoms with Crippen LogP contribution in [0.1, 0.15) is 52.2 Å². The van der Waals surface area contributed by atoms with Gasteiger partial charge in [0.05, 0.1) is 13.2 Å². The fourth-order valence-corrected chi connectivity index (χ4v) is 2.37. The molecule has 0 aliphatic heterocycles. The molecule has 0 aliphatic rings. The summed E-state index contributed by atoms with van der Waals surface area (Å²) >= 11 is 0. The molecule has 0 fully saturated rings. The predicted molar refractivity (Wildman–Crippen MR) is 128 cm³/mol. The highest BCUT2D eigenvalue weighted by Gasteiger charge is 2.14. The van der Waals surface area contributed by atoms with Gasteiger partial charge in [-0.25, -0.2) is 0 Å². The molecule has 0 saturated carbocycles. The number of ether oxygens (including phenoxy) is 1. The molecule has 0 aliphatic carbocycles. The number of halogens is 1. The van der Waals surface area contributed by atoms with Crippen molar-refractivity contribution >= 4 is 35.8 Å². The lowest BCUT2D eigenvalue weighted by Crippen LogP contribution is -2.48. The van der Waals surface area contributed by atoms with Crippen LogP contribution >= 0.6 is 24.0 Å². The number of aryl methyl sites for hydroxylation is 1. The Kier molecular flexibility index (Phi) is 12.2. The maximum atomic E-state index is 11.9. The summed E-state index contributed by atoms with van der Waals surface area (Å²) in [6, 6.07) is 6.19. The fraction of sp³-hybridized carbons (Fsp3) is 0.619. The van der Waals surface area contributed by atoms with Crippen LogP contribution in [0.2, 0.25) is 0 Å². The van der Waals surface area contributed by atoms with E-state index < -0.39 is 0 Å². The molecule has 0 bridgehead atoms. The third kappa shape index (κ3) is 11.4. The first-order valence-electron chi connectivity index (χ1n) is 9.58. The number of rotatable bonds is 8. The van der Waals surface area contributed by atoms with Crippen molar-refractivity contribution in [3.63, 3.8) is 0 Å². The average molecular weight is 504 g/mol. The third-order valence-electron chi connectivity index (χ3n) is 3.78. The Morgan fingerprint density at radius 2 is 1.89 bits per heavy atom. The van der Waals surface area contributed by atoms with E-state index in [0.717, 1.165) is 17.7 Å². The number of hydrogen-bond acceptors (Lipinski definition) is 3. The van der Waals surface area contributed by atoms with Gasteiger partial charge < -0.3 is 20.7 Å². The monoisotopic (exact) mass is 504 g/mol. The molecule has 0 saturated heterocycles. The van der Waals surface area contributed by atoms with Gasteiger partial charge in [0.2, 0.25) is 5.91 Å². The Hall–Kier alpha value is -1.51. The lowest BCUT2D eigenvalue weighted by Gasteiger charge is -2.21. The second kappa shape index (κ2) is 12.9. The molecule has 0 radical (unpaired) electrons. The molecule has 28 heavy (non-hydrogen) atoms. The molecule has 7 heteroatoms. The van der Waals surface area contributed by atoms with Crippen LogP contribution in [-0.2, 0) is 11.3 Å². The van der Waals surface area contributed by atoms with Gasteiger partial charge in [0.15, 0.2) is 5.96 Å². The fourth-order valence-electron chi connectivity index (χ4n) is 2.37. The van der Waals surface area contributed by atoms with Crippen molar-refractivity contribution in [3.8, 4) is 5.75 Å². The highest BCUT2D eigenvalue weighted by molar-refractivity contribution is 14.0. The second-order valence-corrected chi connectivity index (χ2v) is 8.22. The van der Waals surface area contributed by atoms with Crippen LogP contribution in [0.15, 0.2) is 23.2 Å². The molecule has 1 rings (SSSR count). The molecule has 1 aromatic rings. The van der Waals surface area contributed by atoms with E-state index in [-0.39, 0.29) is 42.0 Å². The minimum atomic E-state index is -0.250. The second-order valence-electron chi connectivity index (χ2n) is 8.22. The highest BCUT2D eigenvalue weighted by atomic mass is 127. The zero-order valence-corrected chi connectivity index (χ0v) is 20.6. The van der Waals surface area contributed by atoms with Gasteiger partial charge in [-0.2, -0.15) is 0 Å². The standard InChI is InChI=1S/C21H36N4O2.HI/c1-15(2)10-11-27-18-12-16(3)8-9-17(18)13-23-20(22-7)24-14-19(26)25-21(4,5)6;/h8-9,12,15H,10-11,13-14H2,1-7H3,(H,25,26)(H2,22,23,24);1H. The van der Waals surface area contributed by atoms with Gasteiger partial charge in [0.25, 0.3) is 0 Å². The van der Waals surface area contributed by atoms with E-state index in [4.69, 9.17) is 4.74 Å². The quantitative estimate of drug-likeness (QED) is 0.287. The maximum absolute atomic E-state index is 11.9. The zero-order chi connectivity index (χ0) is 20.4. The number of guanidine groups is 1. The Labute approximate surface area is 187 Å². The van der Waals surface area contributed by atoms with Crippen molar-refractivity contribution < 1.29 is 9.53 Å². The van der Waals surface area contributed by atoms with Crippen molar-refractivity contribution in [2.45, 2.75) is 60.0 Å². The van der Waals surface area contributed by atoms with Crippen LogP contribution in [-0.4, -0.2) is 37.6 Å². The van der Waals surface area contributed by atoms with E-state index >= 15 is 0 Å². The Balaban J connectivity index is 0.00000729. The van der Waals surface area contributed by atoms with Crippen molar-refractivity contribution in [3.05, 3.63) is 29.3 Å². The average Bonchev–Trinajstić information content (AvgIpc) is 2.54. The number of carbonyl (C=O) groups is 1. The SMILES string of the molecule is CN=C(NCC(=O)NC(C)(C)C)NCc1ccc(C)cc1OCCC(C)C.I. The van der Waals surface area contributed by atoms with Crippen LogP contribution in [0, 0.1) is 12.8 Å². The Morgan fingerprint density at radius 1 is 1.21 bits per heavy atom. The van der Waals surface area contributed by atoms with Crippen molar-refractivity contribution in [1.82, 2.24) is 16.0 Å². The summed E-state index contributed by atoms with van der Waals surface area (Å²) < 4.78 is 5.98. The molecular weight excluding hydrogens is 467 g/mol. The van der Waals surface area contributed by atoms with Crippen LogP contribution in [0.5, 0.6) is 5.75 Å². The third-order valence-corrected chi connectivity index (χ3v) is 3.78. The summed E-state index contributed by atoms with van der Waals surface area (Å²) in [5.74, 6) is 2.01. The number of nitrogens with one attached hydrogen (secondary N) is 3. The molecule has 160 valence electrons. The van der Waals surface area contributed by atoms with Crippen molar-refractivity contribution in [2.24, 2.45) is 10.9 Å². The number of amides is 1. The summed E-state index contributed by atoms with van der Waals surface area (Å²) in [7, 11) is 1.69. The first kappa shape index (κ1) is 26.5. The minimum absolute atomic E-state index is 0. The van der Waals surface area contributed by atoms with Gasteiger partial charge in [0.1, 0.15) is 5.75 Å². The van der Waals surface area contributed by atoms with Crippen LogP contribution < -0.4 is 20.7 Å². The summed E-state index contributed by atoms with van der Waals surface area (Å²) in [6.45, 7) is 13.7. The minimum Gasteiger partial charge on any atom is -0.493 e. The van der Waals surface area contributed by atoms with Crippen LogP contribution in [0.4, 0.5) is 0 Å². The van der Waals surface area contributed by atoms with Crippen molar-refractivity contribution in [2.75, 3.05) is 20.2 Å². The van der Waals surface area contributed by atoms with Crippen LogP contribution in [0.25, 0.3) is 0 Å². The Bertz CT molecular complexity index is 640. The van der Waals surface area contributed by atoms with Gasteiger partial charge in [-0.3, -0.25) is 9.79 Å². The first-order chi connectivity index (χ1) is 12.6. The molecule has 3 N–H and O–H groups in total. The Morgan fingerprint density at radius 3 is 2.46 bits per heavy atom. The number of nitrogens with zero attached hydrogens (tertiary/aromatic N) is 1. The van der Waals surface area contributed by atoms with Crippen molar-refractivity contribution in [1.29, 1.82) is 0 Å². The van der Waals surface area contributed by atoms with Gasteiger partial charge in [-0.05, 0) is 51.7 Å². The molecule has 0 atom stereocenters. The molecule has 1 amide bonds. The smallest absolute Gasteiger partial charge is 0.239 e. The summed E-state index contributed by atoms with van der Waals surface area (Å²) in [4.78, 5) is 16.1. The number of carbonyl (C=O) groups excluding carboxylic acids is 1. The summed E-state index contributed by atoms with van der Waals surface area (Å²) in [5.41, 5.74) is 1.98. The molecule has 1 aromatic carbocycles. The topological polar surface area (TPSA) is 74.8 Å². The van der Waals surface area contributed by atoms with E-state index in [9.17, 15) is 4.79 Å². The van der Waals surface area contributed by atoms with E-state index in [1.54, 1.807) is 7.05 Å². The molecule has 0 heterocycles. The molecule has 0 unspecified atom stereocenters. The van der Waals surface area contributed by atoms with E-state index in [2.05, 4.69) is 59.9 Å². The van der Waals surface area contributed by atoms with E-state index in [1.165, 1.54) is 5.56 Å². The summed E-state index contributed by atoms with van der Waals surface area (Å²) in [6.07, 6.45) is 1.02. The summed E-state index contributed by atoms with van der Waals surface area (Å²) in [5, 5.41) is 9.19. The van der Waals surface area contributed by atoms with Gasteiger partial charge in [-0.15, -0.1) is 24.0 Å². The largest absolute Gasteiger partial charge is 0.493 e. The zero-order valence-electron chi connectivity index (χ0n) is 18.3. The first-order valence-corrected chi connectivity index (χ1v) is 9.58. The number of hydrogen-bond donors (Lipinski definition) is 3. The predicted octanol–water partition coefficient (Wildman–Crippen LogP) is 3.62.